The maximum absolute atomic E-state index is 14.2. The normalized spacial score (nSPS) is 14.2. The molecule has 0 heterocycles. The third-order valence-corrected chi connectivity index (χ3v) is 9.93. The van der Waals surface area contributed by atoms with Gasteiger partial charge in [-0.3, -0.25) is 24.0 Å². The second-order valence-electron chi connectivity index (χ2n) is 10.2. The van der Waals surface area contributed by atoms with E-state index in [1.54, 1.807) is 43.3 Å². The van der Waals surface area contributed by atoms with E-state index in [-0.39, 0.29) is 41.2 Å². The van der Waals surface area contributed by atoms with Gasteiger partial charge in [-0.25, -0.2) is 8.42 Å². The van der Waals surface area contributed by atoms with Crippen molar-refractivity contribution in [3.63, 3.8) is 0 Å². The molecule has 1 atom stereocenters. The summed E-state index contributed by atoms with van der Waals surface area (Å²) in [5.41, 5.74) is 0.220. The van der Waals surface area contributed by atoms with Gasteiger partial charge in [-0.15, -0.1) is 0 Å². The van der Waals surface area contributed by atoms with Gasteiger partial charge in [0.1, 0.15) is 12.6 Å². The molecule has 2 amide bonds. The van der Waals surface area contributed by atoms with Crippen LogP contribution in [0.4, 0.5) is 11.4 Å². The number of anilines is 1. The minimum atomic E-state index is -4.31. The molecule has 1 N–H and O–H groups in total. The van der Waals surface area contributed by atoms with Gasteiger partial charge in [-0.2, -0.15) is 0 Å². The van der Waals surface area contributed by atoms with Crippen molar-refractivity contribution in [3.8, 4) is 0 Å². The Bertz CT molecular complexity index is 1540. The number of rotatable bonds is 12. The molecular weight excluding hydrogens is 615 g/mol. The molecule has 0 saturated heterocycles. The summed E-state index contributed by atoms with van der Waals surface area (Å²) in [5.74, 6) is -1.03. The number of sulfonamides is 1. The Labute approximate surface area is 260 Å². The van der Waals surface area contributed by atoms with E-state index < -0.39 is 33.4 Å². The molecule has 1 saturated carbocycles. The van der Waals surface area contributed by atoms with Crippen molar-refractivity contribution in [3.05, 3.63) is 98.5 Å². The fraction of sp³-hybridized carbons (Fsp3) is 0.333. The summed E-state index contributed by atoms with van der Waals surface area (Å²) in [4.78, 5) is 39.6. The van der Waals surface area contributed by atoms with Gasteiger partial charge in [-0.1, -0.05) is 67.2 Å². The van der Waals surface area contributed by atoms with E-state index in [1.807, 2.05) is 0 Å². The zero-order valence-electron chi connectivity index (χ0n) is 23.5. The number of amides is 2. The highest BCUT2D eigenvalue weighted by molar-refractivity contribution is 7.92. The smallest absolute Gasteiger partial charge is 0.269 e. The molecule has 10 nitrogen and oxygen atoms in total. The molecule has 4 rings (SSSR count). The number of benzene rings is 3. The van der Waals surface area contributed by atoms with E-state index in [2.05, 4.69) is 5.32 Å². The van der Waals surface area contributed by atoms with Crippen molar-refractivity contribution in [2.45, 2.75) is 62.6 Å². The maximum Gasteiger partial charge on any atom is 0.269 e. The van der Waals surface area contributed by atoms with Crippen molar-refractivity contribution in [1.82, 2.24) is 10.2 Å². The maximum atomic E-state index is 14.2. The Hall–Kier alpha value is -3.67. The summed E-state index contributed by atoms with van der Waals surface area (Å²) in [6, 6.07) is 16.4. The van der Waals surface area contributed by atoms with Crippen molar-refractivity contribution in [1.29, 1.82) is 0 Å². The van der Waals surface area contributed by atoms with Gasteiger partial charge in [0, 0.05) is 40.3 Å². The first-order chi connectivity index (χ1) is 20.5. The molecular formula is C30H32Cl2N4O6S. The molecule has 0 spiro atoms. The zero-order valence-corrected chi connectivity index (χ0v) is 25.8. The van der Waals surface area contributed by atoms with Crippen LogP contribution in [-0.2, 0) is 26.2 Å². The Balaban J connectivity index is 1.75. The lowest BCUT2D eigenvalue weighted by Gasteiger charge is -2.34. The van der Waals surface area contributed by atoms with Crippen LogP contribution >= 0.6 is 23.2 Å². The summed E-state index contributed by atoms with van der Waals surface area (Å²) in [5, 5.41) is 14.9. The number of carbonyl (C=O) groups is 2. The van der Waals surface area contributed by atoms with Gasteiger partial charge in [0.25, 0.3) is 15.7 Å². The number of nitrogens with zero attached hydrogens (tertiary/aromatic N) is 3. The van der Waals surface area contributed by atoms with Crippen molar-refractivity contribution in [2.75, 3.05) is 10.8 Å². The van der Waals surface area contributed by atoms with Crippen LogP contribution in [0.5, 0.6) is 0 Å². The van der Waals surface area contributed by atoms with E-state index in [1.165, 1.54) is 41.3 Å². The average molecular weight is 648 g/mol. The molecule has 0 unspecified atom stereocenters. The minimum Gasteiger partial charge on any atom is -0.352 e. The topological polar surface area (TPSA) is 130 Å². The minimum absolute atomic E-state index is 0.00234. The molecule has 3 aromatic rings. The Morgan fingerprint density at radius 3 is 2.14 bits per heavy atom. The Morgan fingerprint density at radius 2 is 1.58 bits per heavy atom. The molecule has 1 fully saturated rings. The molecule has 0 radical (unpaired) electrons. The first kappa shape index (κ1) is 32.2. The molecule has 228 valence electrons. The zero-order chi connectivity index (χ0) is 31.1. The number of non-ortho nitro benzene ring substituents is 1. The number of hydrogen-bond donors (Lipinski definition) is 1. The van der Waals surface area contributed by atoms with Gasteiger partial charge in [-0.05, 0) is 55.7 Å². The highest BCUT2D eigenvalue weighted by atomic mass is 35.5. The van der Waals surface area contributed by atoms with Crippen LogP contribution in [0.3, 0.4) is 0 Å². The first-order valence-electron chi connectivity index (χ1n) is 13.9. The van der Waals surface area contributed by atoms with E-state index in [4.69, 9.17) is 23.2 Å². The number of carbonyl (C=O) groups excluding carboxylic acids is 2. The van der Waals surface area contributed by atoms with Gasteiger partial charge >= 0.3 is 0 Å². The SMILES string of the molecule is CC[C@H](C(=O)NC1CCCC1)N(Cc1c(Cl)cccc1Cl)C(=O)CN(c1ccc([N+](=O)[O-])cc1)S(=O)(=O)c1ccccc1. The lowest BCUT2D eigenvalue weighted by Crippen LogP contribution is -2.53. The highest BCUT2D eigenvalue weighted by Crippen LogP contribution is 2.30. The quantitative estimate of drug-likeness (QED) is 0.191. The van der Waals surface area contributed by atoms with E-state index >= 15 is 0 Å². The summed E-state index contributed by atoms with van der Waals surface area (Å²) < 4.78 is 28.6. The van der Waals surface area contributed by atoms with Crippen LogP contribution in [0, 0.1) is 10.1 Å². The lowest BCUT2D eigenvalue weighted by molar-refractivity contribution is -0.384. The van der Waals surface area contributed by atoms with E-state index in [0.717, 1.165) is 30.0 Å². The molecule has 0 bridgehead atoms. The van der Waals surface area contributed by atoms with E-state index in [0.29, 0.717) is 15.6 Å². The van der Waals surface area contributed by atoms with Crippen LogP contribution < -0.4 is 9.62 Å². The largest absolute Gasteiger partial charge is 0.352 e. The van der Waals surface area contributed by atoms with Crippen LogP contribution in [0.25, 0.3) is 0 Å². The number of hydrogen-bond acceptors (Lipinski definition) is 6. The van der Waals surface area contributed by atoms with Crippen molar-refractivity contribution >= 4 is 56.4 Å². The van der Waals surface area contributed by atoms with Crippen LogP contribution in [-0.4, -0.2) is 48.7 Å². The standard InChI is InChI=1S/C30H32Cl2N4O6S/c1-2-28(30(38)33-21-9-6-7-10-21)34(19-25-26(31)13-8-14-27(25)32)29(37)20-35(22-15-17-23(18-16-22)36(39)40)43(41,42)24-11-4-3-5-12-24/h3-5,8,11-18,21,28H,2,6-7,9-10,19-20H2,1H3,(H,33,38)/t28-/m1/s1. The first-order valence-corrected chi connectivity index (χ1v) is 16.1. The number of nitro groups is 1. The predicted octanol–water partition coefficient (Wildman–Crippen LogP) is 5.96. The van der Waals surface area contributed by atoms with Gasteiger partial charge < -0.3 is 10.2 Å². The van der Waals surface area contributed by atoms with Crippen molar-refractivity contribution in [2.24, 2.45) is 0 Å². The summed E-state index contributed by atoms with van der Waals surface area (Å²) in [6.07, 6.45) is 3.93. The highest BCUT2D eigenvalue weighted by Gasteiger charge is 2.35. The van der Waals surface area contributed by atoms with Crippen molar-refractivity contribution < 1.29 is 22.9 Å². The number of nitro benzene ring substituents is 1. The summed E-state index contributed by atoms with van der Waals surface area (Å²) >= 11 is 12.9. The second-order valence-corrected chi connectivity index (χ2v) is 12.9. The average Bonchev–Trinajstić information content (AvgIpc) is 3.50. The monoisotopic (exact) mass is 646 g/mol. The summed E-state index contributed by atoms with van der Waals surface area (Å²) in [6.45, 7) is 0.930. The molecule has 13 heteroatoms. The molecule has 43 heavy (non-hydrogen) atoms. The van der Waals surface area contributed by atoms with Gasteiger partial charge in [0.15, 0.2) is 0 Å². The second kappa shape index (κ2) is 14.2. The van der Waals surface area contributed by atoms with Crippen LogP contribution in [0.2, 0.25) is 10.0 Å². The third-order valence-electron chi connectivity index (χ3n) is 7.44. The molecule has 1 aliphatic carbocycles. The Kier molecular flexibility index (Phi) is 10.6. The summed E-state index contributed by atoms with van der Waals surface area (Å²) in [7, 11) is -4.31. The number of halogens is 2. The molecule has 0 aliphatic heterocycles. The molecule has 0 aromatic heterocycles. The van der Waals surface area contributed by atoms with Crippen LogP contribution in [0.15, 0.2) is 77.7 Å². The fourth-order valence-electron chi connectivity index (χ4n) is 5.13. The van der Waals surface area contributed by atoms with Crippen LogP contribution in [0.1, 0.15) is 44.6 Å². The molecule has 3 aromatic carbocycles. The molecule has 1 aliphatic rings. The third kappa shape index (κ3) is 7.65. The Morgan fingerprint density at radius 1 is 0.977 bits per heavy atom. The predicted molar refractivity (Wildman–Crippen MR) is 166 cm³/mol. The lowest BCUT2D eigenvalue weighted by atomic mass is 10.1. The van der Waals surface area contributed by atoms with Gasteiger partial charge in [0.2, 0.25) is 11.8 Å². The fourth-order valence-corrected chi connectivity index (χ4v) is 7.08. The van der Waals surface area contributed by atoms with E-state index in [9.17, 15) is 28.1 Å². The van der Waals surface area contributed by atoms with Gasteiger partial charge in [0.05, 0.1) is 15.5 Å². The number of nitrogens with one attached hydrogen (secondary N) is 1.